The molecule has 0 amide bonds. The van der Waals surface area contributed by atoms with Crippen LogP contribution in [0.4, 0.5) is 4.39 Å². The standard InChI is InChI=1S/C23H24FN3O3S/c24-18-8-6-17(7-9-18)21(28)16-31-23-25-20-5-2-1-4-19(20)22(29)27(23)11-3-10-26-12-14-30-15-13-26/h1-2,4-9H,3,10-16H2/p+1. The predicted molar refractivity (Wildman–Crippen MR) is 118 cm³/mol. The van der Waals surface area contributed by atoms with Crippen molar-refractivity contribution in [1.82, 2.24) is 9.55 Å². The van der Waals surface area contributed by atoms with E-state index < -0.39 is 0 Å². The lowest BCUT2D eigenvalue weighted by molar-refractivity contribution is -0.908. The first-order valence-corrected chi connectivity index (χ1v) is 11.4. The molecule has 0 saturated carbocycles. The van der Waals surface area contributed by atoms with Crippen LogP contribution in [-0.4, -0.2) is 53.9 Å². The number of Topliss-reactive ketones (excluding diaryl/α,β-unsaturated/α-hetero) is 1. The number of benzene rings is 2. The van der Waals surface area contributed by atoms with Crippen LogP contribution in [0.15, 0.2) is 58.5 Å². The van der Waals surface area contributed by atoms with E-state index in [2.05, 4.69) is 4.98 Å². The van der Waals surface area contributed by atoms with E-state index in [9.17, 15) is 14.0 Å². The van der Waals surface area contributed by atoms with Crippen LogP contribution in [0.25, 0.3) is 10.9 Å². The third kappa shape index (κ3) is 5.39. The van der Waals surface area contributed by atoms with E-state index in [0.29, 0.717) is 28.2 Å². The fourth-order valence-corrected chi connectivity index (χ4v) is 4.62. The summed E-state index contributed by atoms with van der Waals surface area (Å²) in [4.78, 5) is 31.8. The molecule has 0 unspecified atom stereocenters. The first kappa shape index (κ1) is 21.7. The van der Waals surface area contributed by atoms with E-state index in [4.69, 9.17) is 4.74 Å². The van der Waals surface area contributed by atoms with Crippen molar-refractivity contribution in [2.75, 3.05) is 38.6 Å². The van der Waals surface area contributed by atoms with Gasteiger partial charge in [0.05, 0.1) is 36.4 Å². The molecule has 1 saturated heterocycles. The molecule has 1 fully saturated rings. The number of para-hydroxylation sites is 1. The van der Waals surface area contributed by atoms with E-state index in [1.165, 1.54) is 40.9 Å². The van der Waals surface area contributed by atoms with Gasteiger partial charge in [-0.2, -0.15) is 0 Å². The molecule has 0 bridgehead atoms. The number of hydrogen-bond acceptors (Lipinski definition) is 5. The van der Waals surface area contributed by atoms with E-state index in [0.717, 1.165) is 39.3 Å². The van der Waals surface area contributed by atoms with Crippen LogP contribution in [0, 0.1) is 5.82 Å². The Kier molecular flexibility index (Phi) is 7.11. The Morgan fingerprint density at radius 2 is 1.87 bits per heavy atom. The Balaban J connectivity index is 1.52. The first-order chi connectivity index (χ1) is 15.1. The lowest BCUT2D eigenvalue weighted by atomic mass is 10.1. The second-order valence-electron chi connectivity index (χ2n) is 7.55. The van der Waals surface area contributed by atoms with E-state index >= 15 is 0 Å². The number of ketones is 1. The van der Waals surface area contributed by atoms with E-state index in [1.54, 1.807) is 10.6 Å². The number of carbonyl (C=O) groups excluding carboxylic acids is 1. The summed E-state index contributed by atoms with van der Waals surface area (Å²) in [6.45, 7) is 5.03. The SMILES string of the molecule is O=C(CSc1nc2ccccc2c(=O)n1CCC[NH+]1CCOCC1)c1ccc(F)cc1. The van der Waals surface area contributed by atoms with E-state index in [-0.39, 0.29) is 22.9 Å². The molecule has 0 aliphatic carbocycles. The molecular formula is C23H25FN3O3S+. The normalized spacial score (nSPS) is 14.7. The summed E-state index contributed by atoms with van der Waals surface area (Å²) < 4.78 is 20.2. The Hall–Kier alpha value is -2.55. The number of ether oxygens (including phenoxy) is 1. The van der Waals surface area contributed by atoms with Crippen molar-refractivity contribution in [2.45, 2.75) is 18.1 Å². The van der Waals surface area contributed by atoms with Gasteiger partial charge in [0, 0.05) is 18.5 Å². The lowest BCUT2D eigenvalue weighted by Gasteiger charge is -2.24. The second kappa shape index (κ2) is 10.2. The quantitative estimate of drug-likeness (QED) is 0.328. The second-order valence-corrected chi connectivity index (χ2v) is 8.50. The summed E-state index contributed by atoms with van der Waals surface area (Å²) >= 11 is 1.25. The third-order valence-electron chi connectivity index (χ3n) is 5.44. The maximum atomic E-state index is 13.1. The van der Waals surface area contributed by atoms with Gasteiger partial charge in [0.2, 0.25) is 0 Å². The molecule has 0 spiro atoms. The van der Waals surface area contributed by atoms with Crippen molar-refractivity contribution in [2.24, 2.45) is 0 Å². The summed E-state index contributed by atoms with van der Waals surface area (Å²) in [5, 5.41) is 1.12. The van der Waals surface area contributed by atoms with Crippen LogP contribution in [-0.2, 0) is 11.3 Å². The maximum absolute atomic E-state index is 13.1. The van der Waals surface area contributed by atoms with Crippen molar-refractivity contribution >= 4 is 28.4 Å². The average molecular weight is 443 g/mol. The van der Waals surface area contributed by atoms with Crippen LogP contribution >= 0.6 is 11.8 Å². The zero-order valence-corrected chi connectivity index (χ0v) is 18.0. The topological polar surface area (TPSA) is 65.6 Å². The van der Waals surface area contributed by atoms with Crippen molar-refractivity contribution < 1.29 is 18.8 Å². The number of carbonyl (C=O) groups is 1. The Bertz CT molecular complexity index is 1110. The number of aromatic nitrogens is 2. The number of hydrogen-bond donors (Lipinski definition) is 1. The van der Waals surface area contributed by atoms with Crippen LogP contribution in [0.5, 0.6) is 0 Å². The third-order valence-corrected chi connectivity index (χ3v) is 6.41. The summed E-state index contributed by atoms with van der Waals surface area (Å²) in [5.41, 5.74) is 0.984. The van der Waals surface area contributed by atoms with Gasteiger partial charge in [-0.3, -0.25) is 14.2 Å². The molecule has 8 heteroatoms. The molecule has 0 radical (unpaired) electrons. The molecular weight excluding hydrogens is 417 g/mol. The largest absolute Gasteiger partial charge is 0.370 e. The highest BCUT2D eigenvalue weighted by atomic mass is 32.2. The van der Waals surface area contributed by atoms with Gasteiger partial charge in [0.1, 0.15) is 18.9 Å². The van der Waals surface area contributed by atoms with Gasteiger partial charge in [-0.15, -0.1) is 0 Å². The van der Waals surface area contributed by atoms with Gasteiger partial charge < -0.3 is 9.64 Å². The summed E-state index contributed by atoms with van der Waals surface area (Å²) in [6.07, 6.45) is 0.842. The van der Waals surface area contributed by atoms with Gasteiger partial charge in [-0.05, 0) is 36.4 Å². The van der Waals surface area contributed by atoms with Gasteiger partial charge in [-0.1, -0.05) is 23.9 Å². The van der Waals surface area contributed by atoms with Crippen LogP contribution < -0.4 is 10.5 Å². The summed E-state index contributed by atoms with van der Waals surface area (Å²) in [6, 6.07) is 12.8. The molecule has 1 N–H and O–H groups in total. The average Bonchev–Trinajstić information content (AvgIpc) is 2.80. The fraction of sp³-hybridized carbons (Fsp3) is 0.348. The Labute approximate surface area is 184 Å². The predicted octanol–water partition coefficient (Wildman–Crippen LogP) is 1.82. The minimum Gasteiger partial charge on any atom is -0.370 e. The molecule has 162 valence electrons. The van der Waals surface area contributed by atoms with Gasteiger partial charge in [0.25, 0.3) is 5.56 Å². The van der Waals surface area contributed by atoms with Gasteiger partial charge in [-0.25, -0.2) is 9.37 Å². The number of halogens is 1. The van der Waals surface area contributed by atoms with Crippen LogP contribution in [0.1, 0.15) is 16.8 Å². The van der Waals surface area contributed by atoms with Crippen LogP contribution in [0.2, 0.25) is 0 Å². The molecule has 1 aromatic heterocycles. The number of thioether (sulfide) groups is 1. The van der Waals surface area contributed by atoms with Crippen molar-refractivity contribution in [3.8, 4) is 0 Å². The highest BCUT2D eigenvalue weighted by Gasteiger charge is 2.16. The number of fused-ring (bicyclic) bond motifs is 1. The molecule has 4 rings (SSSR count). The van der Waals surface area contributed by atoms with Gasteiger partial charge >= 0.3 is 0 Å². The summed E-state index contributed by atoms with van der Waals surface area (Å²) in [5.74, 6) is -0.376. The van der Waals surface area contributed by atoms with Gasteiger partial charge in [0.15, 0.2) is 10.9 Å². The molecule has 0 atom stereocenters. The molecule has 2 heterocycles. The number of quaternary nitrogens is 1. The Morgan fingerprint density at radius 3 is 2.65 bits per heavy atom. The molecule has 31 heavy (non-hydrogen) atoms. The maximum Gasteiger partial charge on any atom is 0.262 e. The highest BCUT2D eigenvalue weighted by Crippen LogP contribution is 2.19. The number of nitrogens with zero attached hydrogens (tertiary/aromatic N) is 2. The lowest BCUT2D eigenvalue weighted by Crippen LogP contribution is -3.14. The Morgan fingerprint density at radius 1 is 1.13 bits per heavy atom. The minimum absolute atomic E-state index is 0.0840. The smallest absolute Gasteiger partial charge is 0.262 e. The monoisotopic (exact) mass is 442 g/mol. The zero-order chi connectivity index (χ0) is 21.6. The number of nitrogens with one attached hydrogen (secondary N) is 1. The highest BCUT2D eigenvalue weighted by molar-refractivity contribution is 7.99. The molecule has 1 aliphatic rings. The van der Waals surface area contributed by atoms with Crippen molar-refractivity contribution in [3.63, 3.8) is 0 Å². The first-order valence-electron chi connectivity index (χ1n) is 10.4. The minimum atomic E-state index is -0.378. The fourth-order valence-electron chi connectivity index (χ4n) is 3.70. The molecule has 3 aromatic rings. The van der Waals surface area contributed by atoms with Crippen molar-refractivity contribution in [1.29, 1.82) is 0 Å². The molecule has 6 nitrogen and oxygen atoms in total. The van der Waals surface area contributed by atoms with Crippen LogP contribution in [0.3, 0.4) is 0 Å². The summed E-state index contributed by atoms with van der Waals surface area (Å²) in [7, 11) is 0. The zero-order valence-electron chi connectivity index (χ0n) is 17.2. The molecule has 1 aliphatic heterocycles. The number of rotatable bonds is 8. The van der Waals surface area contributed by atoms with Crippen molar-refractivity contribution in [3.05, 3.63) is 70.3 Å². The molecule has 2 aromatic carbocycles. The van der Waals surface area contributed by atoms with E-state index in [1.807, 2.05) is 18.2 Å². The number of morpholine rings is 1.